The summed E-state index contributed by atoms with van der Waals surface area (Å²) in [6.45, 7) is 3.13. The number of hydrogen-bond donors (Lipinski definition) is 3. The van der Waals surface area contributed by atoms with E-state index >= 15 is 0 Å². The number of aliphatic carboxylic acids is 1. The number of carboxylic acids is 1. The van der Waals surface area contributed by atoms with Gasteiger partial charge in [0.1, 0.15) is 6.04 Å². The standard InChI is InChI=1S/C6H9NO4S/c1-2-11-6(10)7-4(3-12)5(8)9/h2,4,12H,1,3H2,(H,7,10)(H,8,9)/t4-/m0/s1. The van der Waals surface area contributed by atoms with E-state index in [1.807, 2.05) is 0 Å². The molecule has 0 aromatic heterocycles. The first-order valence-corrected chi connectivity index (χ1v) is 3.66. The van der Waals surface area contributed by atoms with Crippen LogP contribution in [0.2, 0.25) is 0 Å². The number of alkyl carbamates (subject to hydrolysis) is 1. The molecule has 2 N–H and O–H groups in total. The molecule has 1 atom stereocenters. The Hall–Kier alpha value is -1.17. The Morgan fingerprint density at radius 1 is 1.75 bits per heavy atom. The number of ether oxygens (including phenoxy) is 1. The Kier molecular flexibility index (Phi) is 4.94. The highest BCUT2D eigenvalue weighted by molar-refractivity contribution is 7.80. The molecular formula is C6H9NO4S. The van der Waals surface area contributed by atoms with Crippen LogP contribution in [0.25, 0.3) is 0 Å². The van der Waals surface area contributed by atoms with Crippen LogP contribution < -0.4 is 5.32 Å². The number of hydrogen-bond acceptors (Lipinski definition) is 4. The van der Waals surface area contributed by atoms with Crippen molar-refractivity contribution >= 4 is 24.7 Å². The Bertz CT molecular complexity index is 194. The molecule has 0 aromatic rings. The van der Waals surface area contributed by atoms with E-state index in [9.17, 15) is 9.59 Å². The van der Waals surface area contributed by atoms with Gasteiger partial charge >= 0.3 is 12.1 Å². The number of amides is 1. The van der Waals surface area contributed by atoms with Gasteiger partial charge in [-0.1, -0.05) is 6.58 Å². The van der Waals surface area contributed by atoms with Crippen molar-refractivity contribution in [3.63, 3.8) is 0 Å². The molecule has 68 valence electrons. The van der Waals surface area contributed by atoms with Crippen LogP contribution in [-0.4, -0.2) is 29.0 Å². The van der Waals surface area contributed by atoms with Gasteiger partial charge < -0.3 is 15.2 Å². The second-order valence-electron chi connectivity index (χ2n) is 1.79. The van der Waals surface area contributed by atoms with Gasteiger partial charge in [0.25, 0.3) is 0 Å². The average Bonchev–Trinajstić information content (AvgIpc) is 2.00. The van der Waals surface area contributed by atoms with Crippen LogP contribution in [0.3, 0.4) is 0 Å². The predicted octanol–water partition coefficient (Wildman–Crippen LogP) is 0.239. The van der Waals surface area contributed by atoms with E-state index in [1.54, 1.807) is 0 Å². The first-order valence-electron chi connectivity index (χ1n) is 3.03. The predicted molar refractivity (Wildman–Crippen MR) is 45.1 cm³/mol. The van der Waals surface area contributed by atoms with Gasteiger partial charge in [-0.15, -0.1) is 0 Å². The lowest BCUT2D eigenvalue weighted by atomic mass is 10.3. The van der Waals surface area contributed by atoms with Crippen LogP contribution in [0.5, 0.6) is 0 Å². The van der Waals surface area contributed by atoms with Gasteiger partial charge in [0.15, 0.2) is 0 Å². The summed E-state index contributed by atoms with van der Waals surface area (Å²) in [6.07, 6.45) is 0.0543. The second kappa shape index (κ2) is 5.48. The molecule has 0 bridgehead atoms. The normalized spacial score (nSPS) is 11.4. The SMILES string of the molecule is C=COC(=O)N[C@@H](CS)C(=O)O. The number of rotatable bonds is 4. The second-order valence-corrected chi connectivity index (χ2v) is 2.15. The van der Waals surface area contributed by atoms with Crippen LogP contribution in [0.15, 0.2) is 12.8 Å². The highest BCUT2D eigenvalue weighted by atomic mass is 32.1. The summed E-state index contributed by atoms with van der Waals surface area (Å²) < 4.78 is 4.24. The summed E-state index contributed by atoms with van der Waals surface area (Å²) in [5.41, 5.74) is 0. The largest absolute Gasteiger partial charge is 0.480 e. The molecule has 0 aromatic carbocycles. The van der Waals surface area contributed by atoms with Crippen molar-refractivity contribution in [3.05, 3.63) is 12.8 Å². The Morgan fingerprint density at radius 2 is 2.33 bits per heavy atom. The molecule has 0 saturated carbocycles. The molecule has 0 saturated heterocycles. The monoisotopic (exact) mass is 191 g/mol. The van der Waals surface area contributed by atoms with Crippen molar-refractivity contribution in [2.75, 3.05) is 5.75 Å². The average molecular weight is 191 g/mol. The third-order valence-corrected chi connectivity index (χ3v) is 1.33. The fourth-order valence-corrected chi connectivity index (χ4v) is 0.685. The number of carbonyl (C=O) groups is 2. The molecular weight excluding hydrogens is 182 g/mol. The zero-order valence-electron chi connectivity index (χ0n) is 6.19. The number of carboxylic acid groups (broad SMARTS) is 1. The van der Waals surface area contributed by atoms with Gasteiger partial charge in [-0.3, -0.25) is 0 Å². The fraction of sp³-hybridized carbons (Fsp3) is 0.333. The molecule has 5 nitrogen and oxygen atoms in total. The first kappa shape index (κ1) is 10.8. The molecule has 0 aliphatic rings. The lowest BCUT2D eigenvalue weighted by molar-refractivity contribution is -0.138. The Labute approximate surface area is 74.8 Å². The van der Waals surface area contributed by atoms with Crippen molar-refractivity contribution in [1.82, 2.24) is 5.32 Å². The van der Waals surface area contributed by atoms with E-state index in [2.05, 4.69) is 29.3 Å². The summed E-state index contributed by atoms with van der Waals surface area (Å²) in [4.78, 5) is 20.9. The molecule has 0 rings (SSSR count). The first-order chi connectivity index (χ1) is 5.61. The maximum Gasteiger partial charge on any atom is 0.412 e. The van der Waals surface area contributed by atoms with E-state index in [1.165, 1.54) is 0 Å². The van der Waals surface area contributed by atoms with Gasteiger partial charge in [0.05, 0.1) is 6.26 Å². The maximum atomic E-state index is 10.6. The molecule has 0 radical (unpaired) electrons. The number of nitrogens with one attached hydrogen (secondary N) is 1. The van der Waals surface area contributed by atoms with E-state index in [0.717, 1.165) is 6.26 Å². The molecule has 0 heterocycles. The third-order valence-electron chi connectivity index (χ3n) is 0.963. The highest BCUT2D eigenvalue weighted by Crippen LogP contribution is 1.89. The Morgan fingerprint density at radius 3 is 2.67 bits per heavy atom. The van der Waals surface area contributed by atoms with Gasteiger partial charge in [-0.25, -0.2) is 9.59 Å². The van der Waals surface area contributed by atoms with Crippen LogP contribution in [0, 0.1) is 0 Å². The van der Waals surface area contributed by atoms with Gasteiger partial charge in [-0.05, 0) is 0 Å². The molecule has 12 heavy (non-hydrogen) atoms. The quantitative estimate of drug-likeness (QED) is 0.439. The van der Waals surface area contributed by atoms with E-state index in [-0.39, 0.29) is 5.75 Å². The van der Waals surface area contributed by atoms with Crippen molar-refractivity contribution in [1.29, 1.82) is 0 Å². The summed E-state index contributed by atoms with van der Waals surface area (Å²) in [5.74, 6) is -1.16. The molecule has 6 heteroatoms. The lowest BCUT2D eigenvalue weighted by Gasteiger charge is -2.09. The molecule has 0 unspecified atom stereocenters. The summed E-state index contributed by atoms with van der Waals surface area (Å²) in [5, 5.41) is 10.5. The van der Waals surface area contributed by atoms with Gasteiger partial charge in [0.2, 0.25) is 0 Å². The Balaban J connectivity index is 3.93. The molecule has 0 fully saturated rings. The van der Waals surface area contributed by atoms with Crippen molar-refractivity contribution in [3.8, 4) is 0 Å². The molecule has 0 aliphatic carbocycles. The fourth-order valence-electron chi connectivity index (χ4n) is 0.437. The van der Waals surface area contributed by atoms with Crippen LogP contribution >= 0.6 is 12.6 Å². The van der Waals surface area contributed by atoms with Crippen molar-refractivity contribution in [2.24, 2.45) is 0 Å². The van der Waals surface area contributed by atoms with Crippen LogP contribution in [0.1, 0.15) is 0 Å². The maximum absolute atomic E-state index is 10.6. The molecule has 0 aliphatic heterocycles. The highest BCUT2D eigenvalue weighted by Gasteiger charge is 2.17. The topological polar surface area (TPSA) is 75.6 Å². The summed E-state index contributed by atoms with van der Waals surface area (Å²) in [7, 11) is 0. The van der Waals surface area contributed by atoms with Gasteiger partial charge in [0, 0.05) is 5.75 Å². The minimum atomic E-state index is -1.16. The van der Waals surface area contributed by atoms with Crippen molar-refractivity contribution < 1.29 is 19.4 Å². The lowest BCUT2D eigenvalue weighted by Crippen LogP contribution is -2.41. The van der Waals surface area contributed by atoms with Crippen LogP contribution in [-0.2, 0) is 9.53 Å². The third kappa shape index (κ3) is 3.87. The number of thiol groups is 1. The smallest absolute Gasteiger partial charge is 0.412 e. The van der Waals surface area contributed by atoms with E-state index in [0.29, 0.717) is 0 Å². The molecule has 0 spiro atoms. The summed E-state index contributed by atoms with van der Waals surface area (Å²) >= 11 is 3.72. The molecule has 1 amide bonds. The van der Waals surface area contributed by atoms with Crippen molar-refractivity contribution in [2.45, 2.75) is 6.04 Å². The minimum absolute atomic E-state index is 0.00156. The summed E-state index contributed by atoms with van der Waals surface area (Å²) in [6, 6.07) is -1.04. The zero-order chi connectivity index (χ0) is 9.56. The number of carbonyl (C=O) groups excluding carboxylic acids is 1. The van der Waals surface area contributed by atoms with E-state index in [4.69, 9.17) is 5.11 Å². The van der Waals surface area contributed by atoms with E-state index < -0.39 is 18.1 Å². The minimum Gasteiger partial charge on any atom is -0.480 e. The van der Waals surface area contributed by atoms with Gasteiger partial charge in [-0.2, -0.15) is 12.6 Å². The van der Waals surface area contributed by atoms with Crippen LogP contribution in [0.4, 0.5) is 4.79 Å². The zero-order valence-corrected chi connectivity index (χ0v) is 7.08.